The summed E-state index contributed by atoms with van der Waals surface area (Å²) in [6, 6.07) is 23.6. The topological polar surface area (TPSA) is 108 Å². The van der Waals surface area contributed by atoms with Gasteiger partial charge in [0.25, 0.3) is 0 Å². The smallest absolute Gasteiger partial charge is 0.243 e. The maximum absolute atomic E-state index is 13.1. The van der Waals surface area contributed by atoms with E-state index in [1.54, 1.807) is 41.3 Å². The van der Waals surface area contributed by atoms with E-state index in [0.29, 0.717) is 18.7 Å². The lowest BCUT2D eigenvalue weighted by molar-refractivity contribution is -0.134. The van der Waals surface area contributed by atoms with Gasteiger partial charge in [-0.1, -0.05) is 66.7 Å². The van der Waals surface area contributed by atoms with Gasteiger partial charge in [-0.05, 0) is 28.8 Å². The predicted molar refractivity (Wildman–Crippen MR) is 124 cm³/mol. The second-order valence-electron chi connectivity index (χ2n) is 7.65. The standard InChI is InChI=1S/C24H24N4O3S/c25-24(26)21-8-6-18(7-9-21)16-27-14-15-28(17-23(27)29)32(30,31)22-12-10-20(11-13-22)19-4-2-1-3-5-19/h1-13H,14-17H2,(H3,25,26). The van der Waals surface area contributed by atoms with E-state index in [2.05, 4.69) is 0 Å². The molecule has 0 radical (unpaired) electrons. The molecule has 0 bridgehead atoms. The number of hydrogen-bond acceptors (Lipinski definition) is 4. The van der Waals surface area contributed by atoms with Crippen molar-refractivity contribution < 1.29 is 13.2 Å². The first kappa shape index (κ1) is 21.7. The molecule has 1 heterocycles. The maximum Gasteiger partial charge on any atom is 0.243 e. The first-order valence-electron chi connectivity index (χ1n) is 10.2. The molecule has 1 saturated heterocycles. The Hall–Kier alpha value is -3.49. The van der Waals surface area contributed by atoms with Crippen LogP contribution < -0.4 is 5.73 Å². The third-order valence-electron chi connectivity index (χ3n) is 5.52. The molecule has 0 unspecified atom stereocenters. The molecule has 0 atom stereocenters. The van der Waals surface area contributed by atoms with E-state index in [9.17, 15) is 13.2 Å². The van der Waals surface area contributed by atoms with Crippen LogP contribution in [0.4, 0.5) is 0 Å². The number of nitrogens with one attached hydrogen (secondary N) is 1. The Morgan fingerprint density at radius 3 is 2.09 bits per heavy atom. The van der Waals surface area contributed by atoms with Crippen molar-refractivity contribution in [3.8, 4) is 11.1 Å². The van der Waals surface area contributed by atoms with E-state index in [0.717, 1.165) is 16.7 Å². The Morgan fingerprint density at radius 2 is 1.50 bits per heavy atom. The number of piperazine rings is 1. The number of amidine groups is 1. The van der Waals surface area contributed by atoms with Crippen LogP contribution >= 0.6 is 0 Å². The summed E-state index contributed by atoms with van der Waals surface area (Å²) in [5.74, 6) is -0.250. The first-order valence-corrected chi connectivity index (χ1v) is 11.7. The molecular formula is C24H24N4O3S. The van der Waals surface area contributed by atoms with Gasteiger partial charge >= 0.3 is 0 Å². The molecule has 1 aliphatic heterocycles. The Labute approximate surface area is 187 Å². The summed E-state index contributed by atoms with van der Waals surface area (Å²) in [4.78, 5) is 14.5. The van der Waals surface area contributed by atoms with Gasteiger partial charge in [-0.25, -0.2) is 8.42 Å². The lowest BCUT2D eigenvalue weighted by Gasteiger charge is -2.33. The second-order valence-corrected chi connectivity index (χ2v) is 9.59. The normalized spacial score (nSPS) is 15.0. The molecule has 0 spiro atoms. The number of carbonyl (C=O) groups is 1. The highest BCUT2D eigenvalue weighted by molar-refractivity contribution is 7.89. The Morgan fingerprint density at radius 1 is 0.875 bits per heavy atom. The summed E-state index contributed by atoms with van der Waals surface area (Å²) in [5.41, 5.74) is 8.93. The fourth-order valence-electron chi connectivity index (χ4n) is 3.67. The number of nitrogen functional groups attached to an aromatic ring is 1. The zero-order chi connectivity index (χ0) is 22.7. The highest BCUT2D eigenvalue weighted by atomic mass is 32.2. The molecule has 1 aliphatic rings. The van der Waals surface area contributed by atoms with E-state index in [-0.39, 0.29) is 29.7 Å². The number of nitrogens with zero attached hydrogens (tertiary/aromatic N) is 2. The van der Waals surface area contributed by atoms with E-state index in [1.807, 2.05) is 42.5 Å². The van der Waals surface area contributed by atoms with Crippen molar-refractivity contribution >= 4 is 21.8 Å². The van der Waals surface area contributed by atoms with Gasteiger partial charge in [-0.3, -0.25) is 10.2 Å². The van der Waals surface area contributed by atoms with E-state index in [1.165, 1.54) is 4.31 Å². The molecule has 4 rings (SSSR count). The van der Waals surface area contributed by atoms with Crippen molar-refractivity contribution in [2.24, 2.45) is 5.73 Å². The van der Waals surface area contributed by atoms with Gasteiger partial charge in [0.05, 0.1) is 11.4 Å². The molecule has 1 fully saturated rings. The van der Waals surface area contributed by atoms with Crippen molar-refractivity contribution in [2.45, 2.75) is 11.4 Å². The summed E-state index contributed by atoms with van der Waals surface area (Å²) in [6.07, 6.45) is 0. The first-order chi connectivity index (χ1) is 15.3. The SMILES string of the molecule is N=C(N)c1ccc(CN2CCN(S(=O)(=O)c3ccc(-c4ccccc4)cc3)CC2=O)cc1. The molecule has 7 nitrogen and oxygen atoms in total. The Bertz CT molecular complexity index is 1220. The number of benzene rings is 3. The van der Waals surface area contributed by atoms with Crippen molar-refractivity contribution in [3.63, 3.8) is 0 Å². The Balaban J connectivity index is 1.43. The van der Waals surface area contributed by atoms with Crippen LogP contribution in [0.25, 0.3) is 11.1 Å². The molecule has 164 valence electrons. The molecule has 3 aromatic carbocycles. The molecule has 32 heavy (non-hydrogen) atoms. The van der Waals surface area contributed by atoms with Crippen molar-refractivity contribution in [2.75, 3.05) is 19.6 Å². The van der Waals surface area contributed by atoms with Gasteiger partial charge in [-0.2, -0.15) is 4.31 Å². The highest BCUT2D eigenvalue weighted by Crippen LogP contribution is 2.24. The third kappa shape index (κ3) is 4.56. The minimum Gasteiger partial charge on any atom is -0.384 e. The molecule has 3 N–H and O–H groups in total. The molecule has 3 aromatic rings. The van der Waals surface area contributed by atoms with Crippen LogP contribution in [-0.4, -0.2) is 49.0 Å². The average Bonchev–Trinajstić information content (AvgIpc) is 2.81. The van der Waals surface area contributed by atoms with Crippen molar-refractivity contribution in [3.05, 3.63) is 90.0 Å². The van der Waals surface area contributed by atoms with Crippen molar-refractivity contribution in [1.29, 1.82) is 5.41 Å². The molecular weight excluding hydrogens is 424 g/mol. The summed E-state index contributed by atoms with van der Waals surface area (Å²) >= 11 is 0. The zero-order valence-corrected chi connectivity index (χ0v) is 18.3. The summed E-state index contributed by atoms with van der Waals surface area (Å²) < 4.78 is 27.4. The number of rotatable bonds is 6. The van der Waals surface area contributed by atoms with Gasteiger partial charge in [-0.15, -0.1) is 0 Å². The summed E-state index contributed by atoms with van der Waals surface area (Å²) in [6.45, 7) is 0.750. The van der Waals surface area contributed by atoms with Gasteiger partial charge < -0.3 is 10.6 Å². The Kier molecular flexibility index (Phi) is 6.07. The van der Waals surface area contributed by atoms with Gasteiger partial charge in [0.15, 0.2) is 0 Å². The van der Waals surface area contributed by atoms with Crippen LogP contribution in [0.3, 0.4) is 0 Å². The molecule has 8 heteroatoms. The van der Waals surface area contributed by atoms with Crippen LogP contribution in [-0.2, 0) is 21.4 Å². The number of hydrogen-bond donors (Lipinski definition) is 2. The zero-order valence-electron chi connectivity index (χ0n) is 17.4. The second kappa shape index (κ2) is 8.94. The molecule has 0 saturated carbocycles. The minimum absolute atomic E-state index is 0.0109. The van der Waals surface area contributed by atoms with Crippen LogP contribution in [0.2, 0.25) is 0 Å². The van der Waals surface area contributed by atoms with Gasteiger partial charge in [0.2, 0.25) is 15.9 Å². The molecule has 0 aliphatic carbocycles. The van der Waals surface area contributed by atoms with E-state index in [4.69, 9.17) is 11.1 Å². The summed E-state index contributed by atoms with van der Waals surface area (Å²) in [5, 5.41) is 7.45. The lowest BCUT2D eigenvalue weighted by atomic mass is 10.1. The van der Waals surface area contributed by atoms with Crippen LogP contribution in [0.15, 0.2) is 83.8 Å². The van der Waals surface area contributed by atoms with E-state index >= 15 is 0 Å². The summed E-state index contributed by atoms with van der Waals surface area (Å²) in [7, 11) is -3.76. The third-order valence-corrected chi connectivity index (χ3v) is 7.38. The average molecular weight is 449 g/mol. The lowest BCUT2D eigenvalue weighted by Crippen LogP contribution is -2.51. The molecule has 1 amide bonds. The fraction of sp³-hybridized carbons (Fsp3) is 0.167. The largest absolute Gasteiger partial charge is 0.384 e. The monoisotopic (exact) mass is 448 g/mol. The van der Waals surface area contributed by atoms with Gasteiger partial charge in [0, 0.05) is 25.2 Å². The highest BCUT2D eigenvalue weighted by Gasteiger charge is 2.32. The van der Waals surface area contributed by atoms with Gasteiger partial charge in [0.1, 0.15) is 5.84 Å². The minimum atomic E-state index is -3.76. The number of sulfonamides is 1. The quantitative estimate of drug-likeness (QED) is 0.446. The number of carbonyl (C=O) groups excluding carboxylic acids is 1. The van der Waals surface area contributed by atoms with Crippen LogP contribution in [0.1, 0.15) is 11.1 Å². The van der Waals surface area contributed by atoms with Crippen molar-refractivity contribution in [1.82, 2.24) is 9.21 Å². The van der Waals surface area contributed by atoms with Crippen LogP contribution in [0.5, 0.6) is 0 Å². The number of amides is 1. The predicted octanol–water partition coefficient (Wildman–Crippen LogP) is 2.67. The molecule has 0 aromatic heterocycles. The number of nitrogens with two attached hydrogens (primary N) is 1. The fourth-order valence-corrected chi connectivity index (χ4v) is 5.05. The van der Waals surface area contributed by atoms with E-state index < -0.39 is 10.0 Å². The van der Waals surface area contributed by atoms with Crippen LogP contribution in [0, 0.1) is 5.41 Å². The maximum atomic E-state index is 13.1.